The molecule has 4 aromatic rings. The van der Waals surface area contributed by atoms with Crippen molar-refractivity contribution in [2.75, 3.05) is 11.9 Å². The minimum atomic E-state index is -0.621. The summed E-state index contributed by atoms with van der Waals surface area (Å²) in [5, 5.41) is 9.88. The van der Waals surface area contributed by atoms with Crippen molar-refractivity contribution >= 4 is 39.0 Å². The van der Waals surface area contributed by atoms with Crippen LogP contribution in [0.2, 0.25) is 0 Å². The lowest BCUT2D eigenvalue weighted by atomic mass is 10.1. The molecule has 0 atom stereocenters. The van der Waals surface area contributed by atoms with Crippen LogP contribution in [0.1, 0.15) is 40.5 Å². The first-order chi connectivity index (χ1) is 16.4. The first-order valence-electron chi connectivity index (χ1n) is 11.0. The Bertz CT molecular complexity index is 1420. The number of amides is 1. The Morgan fingerprint density at radius 1 is 1.09 bits per heavy atom. The number of fused-ring (bicyclic) bond motifs is 1. The van der Waals surface area contributed by atoms with Gasteiger partial charge in [0.25, 0.3) is 5.56 Å². The smallest absolute Gasteiger partial charge is 0.359 e. The van der Waals surface area contributed by atoms with E-state index in [2.05, 4.69) is 10.4 Å². The summed E-state index contributed by atoms with van der Waals surface area (Å²) in [4.78, 5) is 38.9. The molecule has 0 unspecified atom stereocenters. The van der Waals surface area contributed by atoms with E-state index in [1.165, 1.54) is 16.0 Å². The number of hydrogen-bond donors (Lipinski definition) is 1. The Hall–Kier alpha value is -3.78. The average Bonchev–Trinajstić information content (AvgIpc) is 3.24. The number of ether oxygens (including phenoxy) is 1. The van der Waals surface area contributed by atoms with Gasteiger partial charge >= 0.3 is 5.97 Å². The third-order valence-corrected chi connectivity index (χ3v) is 6.49. The lowest BCUT2D eigenvalue weighted by molar-refractivity contribution is -0.116. The number of carbonyl (C=O) groups is 2. The molecule has 2 aromatic carbocycles. The van der Waals surface area contributed by atoms with Crippen LogP contribution >= 0.6 is 11.3 Å². The van der Waals surface area contributed by atoms with Crippen LogP contribution in [0.4, 0.5) is 5.00 Å². The molecule has 2 heterocycles. The van der Waals surface area contributed by atoms with Crippen molar-refractivity contribution in [3.63, 3.8) is 0 Å². The highest BCUT2D eigenvalue weighted by molar-refractivity contribution is 7.16. The molecule has 0 radical (unpaired) electrons. The van der Waals surface area contributed by atoms with Crippen LogP contribution in [0, 0.1) is 13.8 Å². The van der Waals surface area contributed by atoms with E-state index in [4.69, 9.17) is 4.74 Å². The van der Waals surface area contributed by atoms with Gasteiger partial charge in [0.15, 0.2) is 5.69 Å². The van der Waals surface area contributed by atoms with E-state index in [1.54, 1.807) is 18.4 Å². The first kappa shape index (κ1) is 23.4. The minimum Gasteiger partial charge on any atom is -0.461 e. The lowest BCUT2D eigenvalue weighted by Gasteiger charge is -2.11. The number of nitrogens with zero attached hydrogens (tertiary/aromatic N) is 2. The quantitative estimate of drug-likeness (QED) is 0.387. The number of nitrogens with one attached hydrogen (secondary N) is 1. The number of aromatic nitrogens is 2. The van der Waals surface area contributed by atoms with Gasteiger partial charge in [0, 0.05) is 17.2 Å². The predicted molar refractivity (Wildman–Crippen MR) is 134 cm³/mol. The average molecular weight is 476 g/mol. The van der Waals surface area contributed by atoms with Crippen LogP contribution < -0.4 is 10.9 Å². The van der Waals surface area contributed by atoms with Gasteiger partial charge in [-0.25, -0.2) is 4.79 Å². The molecule has 0 aliphatic heterocycles. The van der Waals surface area contributed by atoms with Crippen molar-refractivity contribution in [3.8, 4) is 5.69 Å². The lowest BCUT2D eigenvalue weighted by Crippen LogP contribution is -2.25. The van der Waals surface area contributed by atoms with Crippen molar-refractivity contribution < 1.29 is 14.3 Å². The van der Waals surface area contributed by atoms with Crippen molar-refractivity contribution in [2.45, 2.75) is 33.6 Å². The van der Waals surface area contributed by atoms with E-state index < -0.39 is 11.5 Å². The Labute approximate surface area is 201 Å². The van der Waals surface area contributed by atoms with E-state index in [9.17, 15) is 14.4 Å². The van der Waals surface area contributed by atoms with E-state index >= 15 is 0 Å². The van der Waals surface area contributed by atoms with Gasteiger partial charge in [0.2, 0.25) is 5.91 Å². The molecular weight excluding hydrogens is 450 g/mol. The van der Waals surface area contributed by atoms with Gasteiger partial charge in [0.1, 0.15) is 5.00 Å². The Morgan fingerprint density at radius 3 is 2.56 bits per heavy atom. The van der Waals surface area contributed by atoms with Crippen LogP contribution in [-0.2, 0) is 16.0 Å². The topological polar surface area (TPSA) is 90.3 Å². The molecule has 0 fully saturated rings. The highest BCUT2D eigenvalue weighted by atomic mass is 32.1. The number of aryl methyl sites for hydroxylation is 3. The molecule has 0 saturated carbocycles. The van der Waals surface area contributed by atoms with E-state index in [0.717, 1.165) is 16.7 Å². The molecule has 7 nitrogen and oxygen atoms in total. The number of benzene rings is 2. The molecule has 8 heteroatoms. The highest BCUT2D eigenvalue weighted by Crippen LogP contribution is 2.31. The molecule has 2 aromatic heterocycles. The maximum absolute atomic E-state index is 13.5. The molecule has 4 rings (SSSR count). The Morgan fingerprint density at radius 2 is 1.85 bits per heavy atom. The molecule has 1 amide bonds. The molecule has 0 saturated heterocycles. The van der Waals surface area contributed by atoms with Crippen LogP contribution in [0.15, 0.2) is 58.7 Å². The fourth-order valence-electron chi connectivity index (χ4n) is 3.62. The number of anilines is 1. The van der Waals surface area contributed by atoms with Gasteiger partial charge < -0.3 is 10.1 Å². The molecular formula is C26H25N3O4S. The molecule has 0 aliphatic rings. The first-order valence-corrected chi connectivity index (χ1v) is 11.9. The van der Waals surface area contributed by atoms with Gasteiger partial charge in [-0.3, -0.25) is 9.59 Å². The zero-order chi connectivity index (χ0) is 24.2. The van der Waals surface area contributed by atoms with Crippen molar-refractivity contribution in [1.29, 1.82) is 0 Å². The number of thiophene rings is 1. The zero-order valence-corrected chi connectivity index (χ0v) is 20.1. The van der Waals surface area contributed by atoms with Crippen molar-refractivity contribution in [1.82, 2.24) is 9.78 Å². The number of rotatable bonds is 7. The molecule has 0 spiro atoms. The number of esters is 1. The summed E-state index contributed by atoms with van der Waals surface area (Å²) in [7, 11) is 0. The third-order valence-electron chi connectivity index (χ3n) is 5.59. The fraction of sp³-hybridized carbons (Fsp3) is 0.231. The zero-order valence-electron chi connectivity index (χ0n) is 19.3. The van der Waals surface area contributed by atoms with Gasteiger partial charge in [-0.1, -0.05) is 36.4 Å². The standard InChI is InChI=1S/C26H25N3O4S/c1-4-33-26(32)23-20-15-34-24(27-21(30)13-11-18-8-6-5-7-9-18)22(20)25(31)29(28-23)19-12-10-16(2)17(3)14-19/h5-10,12,14-15H,4,11,13H2,1-3H3,(H,27,30). The summed E-state index contributed by atoms with van der Waals surface area (Å²) in [6.07, 6.45) is 0.850. The number of hydrogen-bond acceptors (Lipinski definition) is 6. The maximum Gasteiger partial charge on any atom is 0.359 e. The van der Waals surface area contributed by atoms with Crippen LogP contribution in [0.25, 0.3) is 16.5 Å². The minimum absolute atomic E-state index is 0.0377. The van der Waals surface area contributed by atoms with E-state index in [1.807, 2.05) is 56.3 Å². The van der Waals surface area contributed by atoms with Gasteiger partial charge in [-0.15, -0.1) is 11.3 Å². The monoisotopic (exact) mass is 475 g/mol. The van der Waals surface area contributed by atoms with Crippen molar-refractivity contribution in [3.05, 3.63) is 86.6 Å². The second-order valence-corrected chi connectivity index (χ2v) is 8.82. The third kappa shape index (κ3) is 4.77. The normalized spacial score (nSPS) is 10.9. The molecule has 0 bridgehead atoms. The number of carbonyl (C=O) groups excluding carboxylic acids is 2. The maximum atomic E-state index is 13.5. The van der Waals surface area contributed by atoms with Gasteiger partial charge in [-0.2, -0.15) is 9.78 Å². The SMILES string of the molecule is CCOC(=O)c1nn(-c2ccc(C)c(C)c2)c(=O)c2c(NC(=O)CCc3ccccc3)scc12. The van der Waals surface area contributed by atoms with Crippen molar-refractivity contribution in [2.24, 2.45) is 0 Å². The van der Waals surface area contributed by atoms with Gasteiger partial charge in [-0.05, 0) is 56.0 Å². The summed E-state index contributed by atoms with van der Waals surface area (Å²) in [5.74, 6) is -0.830. The van der Waals surface area contributed by atoms with Crippen LogP contribution in [0.5, 0.6) is 0 Å². The van der Waals surface area contributed by atoms with Crippen LogP contribution in [0.3, 0.4) is 0 Å². The summed E-state index contributed by atoms with van der Waals surface area (Å²) in [6, 6.07) is 15.2. The summed E-state index contributed by atoms with van der Waals surface area (Å²) < 4.78 is 6.39. The summed E-state index contributed by atoms with van der Waals surface area (Å²) in [6.45, 7) is 5.81. The predicted octanol–water partition coefficient (Wildman–Crippen LogP) is 4.81. The van der Waals surface area contributed by atoms with E-state index in [0.29, 0.717) is 22.5 Å². The van der Waals surface area contributed by atoms with E-state index in [-0.39, 0.29) is 30.0 Å². The summed E-state index contributed by atoms with van der Waals surface area (Å²) >= 11 is 1.19. The van der Waals surface area contributed by atoms with Gasteiger partial charge in [0.05, 0.1) is 17.7 Å². The highest BCUT2D eigenvalue weighted by Gasteiger charge is 2.23. The Balaban J connectivity index is 1.75. The largest absolute Gasteiger partial charge is 0.461 e. The molecule has 0 aliphatic carbocycles. The van der Waals surface area contributed by atoms with Crippen LogP contribution in [-0.4, -0.2) is 28.3 Å². The Kier molecular flexibility index (Phi) is 6.88. The second-order valence-electron chi connectivity index (χ2n) is 7.94. The summed E-state index contributed by atoms with van der Waals surface area (Å²) in [5.41, 5.74) is 3.28. The molecule has 34 heavy (non-hydrogen) atoms. The molecule has 174 valence electrons. The second kappa shape index (κ2) is 10.0. The fourth-order valence-corrected chi connectivity index (χ4v) is 4.57. The molecule has 1 N–H and O–H groups in total.